The molecule has 54 heavy (non-hydrogen) atoms. The Morgan fingerprint density at radius 1 is 0.185 bits per heavy atom. The maximum absolute atomic E-state index is 5.07. The first kappa shape index (κ1) is 32.7. The molecule has 8 aromatic carbocycles. The van der Waals surface area contributed by atoms with E-state index in [-0.39, 0.29) is 0 Å². The summed E-state index contributed by atoms with van der Waals surface area (Å²) >= 11 is 0. The Morgan fingerprint density at radius 3 is 1.00 bits per heavy atom. The van der Waals surface area contributed by atoms with Gasteiger partial charge >= 0.3 is 0 Å². The molecule has 0 aliphatic carbocycles. The van der Waals surface area contributed by atoms with Gasteiger partial charge in [-0.15, -0.1) is 0 Å². The van der Waals surface area contributed by atoms with Crippen LogP contribution >= 0.6 is 0 Å². The van der Waals surface area contributed by atoms with Crippen LogP contribution in [0.2, 0.25) is 0 Å². The van der Waals surface area contributed by atoms with Crippen LogP contribution in [0.1, 0.15) is 0 Å². The van der Waals surface area contributed by atoms with Gasteiger partial charge in [0.1, 0.15) is 0 Å². The second kappa shape index (κ2) is 14.8. The molecule has 0 fully saturated rings. The third-order valence-electron chi connectivity index (χ3n) is 9.78. The fourth-order valence-electron chi connectivity index (χ4n) is 6.96. The Kier molecular flexibility index (Phi) is 8.94. The maximum atomic E-state index is 5.07. The van der Waals surface area contributed by atoms with Crippen LogP contribution in [0, 0.1) is 0 Å². The Morgan fingerprint density at radius 2 is 0.481 bits per heavy atom. The molecule has 0 saturated carbocycles. The van der Waals surface area contributed by atoms with Crippen LogP contribution in [-0.4, -0.2) is 15.0 Å². The predicted molar refractivity (Wildman–Crippen MR) is 223 cm³/mol. The zero-order valence-corrected chi connectivity index (χ0v) is 29.5. The molecule has 254 valence electrons. The van der Waals surface area contributed by atoms with Crippen molar-refractivity contribution in [2.24, 2.45) is 0 Å². The highest BCUT2D eigenvalue weighted by Crippen LogP contribution is 2.35. The molecule has 0 atom stereocenters. The van der Waals surface area contributed by atoms with Crippen LogP contribution < -0.4 is 0 Å². The molecular formula is C51H35N3. The molecule has 0 amide bonds. The lowest BCUT2D eigenvalue weighted by molar-refractivity contribution is 1.07. The Labute approximate surface area is 316 Å². The van der Waals surface area contributed by atoms with Crippen LogP contribution in [0.25, 0.3) is 89.8 Å². The van der Waals surface area contributed by atoms with Crippen molar-refractivity contribution in [3.8, 4) is 89.8 Å². The van der Waals surface area contributed by atoms with E-state index in [0.717, 1.165) is 44.5 Å². The molecule has 0 N–H and O–H groups in total. The van der Waals surface area contributed by atoms with Crippen molar-refractivity contribution in [1.29, 1.82) is 0 Å². The van der Waals surface area contributed by atoms with Crippen LogP contribution in [0.5, 0.6) is 0 Å². The highest BCUT2D eigenvalue weighted by Gasteiger charge is 2.14. The molecule has 9 aromatic rings. The minimum atomic E-state index is 0.629. The molecule has 3 heteroatoms. The monoisotopic (exact) mass is 689 g/mol. The Hall–Kier alpha value is -7.23. The van der Waals surface area contributed by atoms with E-state index in [1.165, 1.54) is 27.8 Å². The highest BCUT2D eigenvalue weighted by atomic mass is 15.0. The topological polar surface area (TPSA) is 38.7 Å². The van der Waals surface area contributed by atoms with E-state index in [0.29, 0.717) is 17.5 Å². The maximum Gasteiger partial charge on any atom is 0.164 e. The first-order valence-corrected chi connectivity index (χ1v) is 18.2. The van der Waals surface area contributed by atoms with Crippen LogP contribution in [0.15, 0.2) is 212 Å². The summed E-state index contributed by atoms with van der Waals surface area (Å²) in [5.74, 6) is 1.90. The van der Waals surface area contributed by atoms with E-state index in [2.05, 4.69) is 200 Å². The molecule has 9 rings (SSSR count). The molecule has 3 nitrogen and oxygen atoms in total. The quantitative estimate of drug-likeness (QED) is 0.159. The second-order valence-corrected chi connectivity index (χ2v) is 13.3. The SMILES string of the molecule is c1ccc(-c2ccc(-c3nc(-c4ccc(-c5cccc(-c6ccccc6-c6ccccc6)c5)cc4)nc(-c4cccc(-c5ccccc5)c4)n3)cc2)cc1. The van der Waals surface area contributed by atoms with Gasteiger partial charge in [-0.05, 0) is 67.8 Å². The van der Waals surface area contributed by atoms with Gasteiger partial charge in [0.15, 0.2) is 17.5 Å². The number of rotatable bonds is 8. The second-order valence-electron chi connectivity index (χ2n) is 13.3. The van der Waals surface area contributed by atoms with Crippen molar-refractivity contribution in [2.45, 2.75) is 0 Å². The summed E-state index contributed by atoms with van der Waals surface area (Å²) < 4.78 is 0. The summed E-state index contributed by atoms with van der Waals surface area (Å²) in [5, 5.41) is 0. The first-order valence-electron chi connectivity index (χ1n) is 18.2. The number of hydrogen-bond acceptors (Lipinski definition) is 3. The van der Waals surface area contributed by atoms with E-state index >= 15 is 0 Å². The van der Waals surface area contributed by atoms with Gasteiger partial charge in [0, 0.05) is 16.7 Å². The smallest absolute Gasteiger partial charge is 0.164 e. The summed E-state index contributed by atoms with van der Waals surface area (Å²) in [5.41, 5.74) is 14.5. The third kappa shape index (κ3) is 6.87. The molecule has 0 unspecified atom stereocenters. The van der Waals surface area contributed by atoms with Crippen molar-refractivity contribution in [3.63, 3.8) is 0 Å². The fourth-order valence-corrected chi connectivity index (χ4v) is 6.96. The molecular weight excluding hydrogens is 655 g/mol. The minimum absolute atomic E-state index is 0.629. The van der Waals surface area contributed by atoms with E-state index < -0.39 is 0 Å². The third-order valence-corrected chi connectivity index (χ3v) is 9.78. The average molecular weight is 690 g/mol. The van der Waals surface area contributed by atoms with Crippen molar-refractivity contribution in [2.75, 3.05) is 0 Å². The summed E-state index contributed by atoms with van der Waals surface area (Å²) in [6.07, 6.45) is 0. The number of benzene rings is 8. The zero-order valence-electron chi connectivity index (χ0n) is 29.5. The lowest BCUT2D eigenvalue weighted by Gasteiger charge is -2.12. The van der Waals surface area contributed by atoms with Gasteiger partial charge in [0.2, 0.25) is 0 Å². The van der Waals surface area contributed by atoms with Gasteiger partial charge in [-0.1, -0.05) is 200 Å². The zero-order chi connectivity index (χ0) is 36.1. The van der Waals surface area contributed by atoms with Crippen molar-refractivity contribution < 1.29 is 0 Å². The molecule has 1 aromatic heterocycles. The summed E-state index contributed by atoms with van der Waals surface area (Å²) in [6, 6.07) is 74.1. The Balaban J connectivity index is 1.08. The molecule has 0 aliphatic heterocycles. The van der Waals surface area contributed by atoms with Gasteiger partial charge in [-0.3, -0.25) is 0 Å². The van der Waals surface area contributed by atoms with Crippen LogP contribution in [-0.2, 0) is 0 Å². The van der Waals surface area contributed by atoms with E-state index in [9.17, 15) is 0 Å². The lowest BCUT2D eigenvalue weighted by Crippen LogP contribution is -2.00. The van der Waals surface area contributed by atoms with Crippen molar-refractivity contribution >= 4 is 0 Å². The summed E-state index contributed by atoms with van der Waals surface area (Å²) in [7, 11) is 0. The molecule has 0 saturated heterocycles. The largest absolute Gasteiger partial charge is 0.208 e. The van der Waals surface area contributed by atoms with Gasteiger partial charge in [-0.2, -0.15) is 0 Å². The van der Waals surface area contributed by atoms with Gasteiger partial charge in [0.05, 0.1) is 0 Å². The highest BCUT2D eigenvalue weighted by molar-refractivity contribution is 5.85. The average Bonchev–Trinajstić information content (AvgIpc) is 3.27. The Bertz CT molecular complexity index is 2670. The molecule has 1 heterocycles. The predicted octanol–water partition coefficient (Wildman–Crippen LogP) is 13.2. The normalized spacial score (nSPS) is 11.0. The molecule has 0 bridgehead atoms. The van der Waals surface area contributed by atoms with Gasteiger partial charge in [-0.25, -0.2) is 15.0 Å². The summed E-state index contributed by atoms with van der Waals surface area (Å²) in [6.45, 7) is 0. The standard InChI is InChI=1S/C51H35N3/c1-4-14-36(15-5-1)38-26-30-41(31-27-38)49-52-50(54-51(53-49)46-23-13-21-44(35-46)37-16-6-2-7-17-37)42-32-28-39(29-33-42)43-20-12-22-45(34-43)48-25-11-10-24-47(48)40-18-8-3-9-19-40/h1-35H. The minimum Gasteiger partial charge on any atom is -0.208 e. The molecule has 0 spiro atoms. The van der Waals surface area contributed by atoms with Crippen LogP contribution in [0.3, 0.4) is 0 Å². The fraction of sp³-hybridized carbons (Fsp3) is 0. The lowest BCUT2D eigenvalue weighted by atomic mass is 9.92. The first-order chi connectivity index (χ1) is 26.7. The van der Waals surface area contributed by atoms with E-state index in [4.69, 9.17) is 15.0 Å². The van der Waals surface area contributed by atoms with E-state index in [1.807, 2.05) is 12.1 Å². The molecule has 0 radical (unpaired) electrons. The number of nitrogens with zero attached hydrogens (tertiary/aromatic N) is 3. The van der Waals surface area contributed by atoms with Crippen molar-refractivity contribution in [1.82, 2.24) is 15.0 Å². The van der Waals surface area contributed by atoms with Crippen LogP contribution in [0.4, 0.5) is 0 Å². The number of aromatic nitrogens is 3. The van der Waals surface area contributed by atoms with Gasteiger partial charge in [0.25, 0.3) is 0 Å². The number of hydrogen-bond donors (Lipinski definition) is 0. The summed E-state index contributed by atoms with van der Waals surface area (Å²) in [4.78, 5) is 15.2. The van der Waals surface area contributed by atoms with Gasteiger partial charge < -0.3 is 0 Å². The van der Waals surface area contributed by atoms with Crippen molar-refractivity contribution in [3.05, 3.63) is 212 Å². The molecule has 0 aliphatic rings. The van der Waals surface area contributed by atoms with E-state index in [1.54, 1.807) is 0 Å².